The highest BCUT2D eigenvalue weighted by atomic mass is 32.1. The normalized spacial score (nSPS) is 23.6. The molecule has 86 valence electrons. The van der Waals surface area contributed by atoms with Crippen LogP contribution in [0.25, 0.3) is 0 Å². The van der Waals surface area contributed by atoms with Crippen LogP contribution in [0.5, 0.6) is 0 Å². The zero-order chi connectivity index (χ0) is 11.7. The van der Waals surface area contributed by atoms with Crippen LogP contribution in [0, 0.1) is 11.7 Å². The summed E-state index contributed by atoms with van der Waals surface area (Å²) in [6, 6.07) is 5.29. The van der Waals surface area contributed by atoms with Gasteiger partial charge in [0, 0.05) is 11.7 Å². The lowest BCUT2D eigenvalue weighted by Gasteiger charge is -2.34. The van der Waals surface area contributed by atoms with Crippen molar-refractivity contribution in [2.24, 2.45) is 11.7 Å². The van der Waals surface area contributed by atoms with Crippen molar-refractivity contribution in [1.29, 1.82) is 0 Å². The van der Waals surface area contributed by atoms with E-state index < -0.39 is 0 Å². The number of halogens is 1. The number of nitrogens with one attached hydrogen (secondary N) is 1. The van der Waals surface area contributed by atoms with Crippen molar-refractivity contribution in [1.82, 2.24) is 0 Å². The molecule has 16 heavy (non-hydrogen) atoms. The largest absolute Gasteiger partial charge is 0.389 e. The van der Waals surface area contributed by atoms with Crippen LogP contribution in [0.2, 0.25) is 0 Å². The smallest absolute Gasteiger partial charge is 0.135 e. The first kappa shape index (κ1) is 11.3. The van der Waals surface area contributed by atoms with Gasteiger partial charge in [0.15, 0.2) is 0 Å². The molecule has 0 heterocycles. The Morgan fingerprint density at radius 3 is 2.75 bits per heavy atom. The Hall–Kier alpha value is -1.16. The molecule has 0 aromatic heterocycles. The molecule has 4 heteroatoms. The standard InChI is InChI=1S/C12H15FN2S/c1-7-5-8(6-7)15-10-4-2-3-9(13)11(10)12(14)16/h2-4,7-8,15H,5-6H2,1H3,(H2,14,16). The van der Waals surface area contributed by atoms with E-state index in [0.29, 0.717) is 17.3 Å². The van der Waals surface area contributed by atoms with Gasteiger partial charge >= 0.3 is 0 Å². The molecule has 0 unspecified atom stereocenters. The fourth-order valence-electron chi connectivity index (χ4n) is 2.13. The van der Waals surface area contributed by atoms with E-state index in [-0.39, 0.29) is 10.8 Å². The van der Waals surface area contributed by atoms with E-state index in [9.17, 15) is 4.39 Å². The zero-order valence-electron chi connectivity index (χ0n) is 9.16. The predicted octanol–water partition coefficient (Wildman–Crippen LogP) is 2.67. The quantitative estimate of drug-likeness (QED) is 0.795. The van der Waals surface area contributed by atoms with Gasteiger partial charge in [0.2, 0.25) is 0 Å². The monoisotopic (exact) mass is 238 g/mol. The van der Waals surface area contributed by atoms with Crippen LogP contribution in [0.3, 0.4) is 0 Å². The topological polar surface area (TPSA) is 38.0 Å². The number of thiocarbonyl (C=S) groups is 1. The molecule has 2 nitrogen and oxygen atoms in total. The van der Waals surface area contributed by atoms with Gasteiger partial charge in [-0.2, -0.15) is 0 Å². The maximum absolute atomic E-state index is 13.5. The fourth-order valence-corrected chi connectivity index (χ4v) is 2.34. The lowest BCUT2D eigenvalue weighted by atomic mass is 9.81. The van der Waals surface area contributed by atoms with Crippen LogP contribution >= 0.6 is 12.2 Å². The molecule has 0 bridgehead atoms. The fraction of sp³-hybridized carbons (Fsp3) is 0.417. The van der Waals surface area contributed by atoms with E-state index in [1.165, 1.54) is 6.07 Å². The number of hydrogen-bond acceptors (Lipinski definition) is 2. The molecule has 1 saturated carbocycles. The third-order valence-corrected chi connectivity index (χ3v) is 3.20. The van der Waals surface area contributed by atoms with Crippen LogP contribution in [0.4, 0.5) is 10.1 Å². The molecular formula is C12H15FN2S. The lowest BCUT2D eigenvalue weighted by molar-refractivity contribution is 0.309. The number of benzene rings is 1. The highest BCUT2D eigenvalue weighted by molar-refractivity contribution is 7.80. The molecule has 0 aliphatic heterocycles. The molecular weight excluding hydrogens is 223 g/mol. The summed E-state index contributed by atoms with van der Waals surface area (Å²) in [4.78, 5) is 0.105. The molecule has 0 saturated heterocycles. The second-order valence-electron chi connectivity index (χ2n) is 4.44. The van der Waals surface area contributed by atoms with Crippen molar-refractivity contribution in [2.75, 3.05) is 5.32 Å². The number of hydrogen-bond donors (Lipinski definition) is 2. The SMILES string of the molecule is CC1CC(Nc2cccc(F)c2C(N)=S)C1. The van der Waals surface area contributed by atoms with Crippen LogP contribution in [-0.2, 0) is 0 Å². The van der Waals surface area contributed by atoms with Crippen LogP contribution in [0.1, 0.15) is 25.3 Å². The van der Waals surface area contributed by atoms with Gasteiger partial charge in [0.05, 0.1) is 5.56 Å². The molecule has 0 radical (unpaired) electrons. The third kappa shape index (κ3) is 2.16. The Morgan fingerprint density at radius 1 is 1.50 bits per heavy atom. The second kappa shape index (κ2) is 4.37. The van der Waals surface area contributed by atoms with Crippen LogP contribution in [-0.4, -0.2) is 11.0 Å². The molecule has 1 fully saturated rings. The van der Waals surface area contributed by atoms with E-state index in [0.717, 1.165) is 18.8 Å². The Labute approximate surface area is 100 Å². The molecule has 1 aliphatic carbocycles. The van der Waals surface area contributed by atoms with Crippen molar-refractivity contribution >= 4 is 22.9 Å². The van der Waals surface area contributed by atoms with Crippen LogP contribution in [0.15, 0.2) is 18.2 Å². The first-order chi connectivity index (χ1) is 7.58. The highest BCUT2D eigenvalue weighted by Gasteiger charge is 2.26. The van der Waals surface area contributed by atoms with Gasteiger partial charge in [-0.05, 0) is 30.9 Å². The minimum Gasteiger partial charge on any atom is -0.389 e. The summed E-state index contributed by atoms with van der Waals surface area (Å²) < 4.78 is 13.5. The first-order valence-electron chi connectivity index (χ1n) is 5.42. The van der Waals surface area contributed by atoms with Gasteiger partial charge in [-0.15, -0.1) is 0 Å². The van der Waals surface area contributed by atoms with E-state index in [1.54, 1.807) is 6.07 Å². The Morgan fingerprint density at radius 2 is 2.19 bits per heavy atom. The third-order valence-electron chi connectivity index (χ3n) is 2.99. The molecule has 0 spiro atoms. The van der Waals surface area contributed by atoms with Gasteiger partial charge < -0.3 is 11.1 Å². The maximum atomic E-state index is 13.5. The average molecular weight is 238 g/mol. The predicted molar refractivity (Wildman–Crippen MR) is 68.1 cm³/mol. The molecule has 1 aromatic rings. The lowest BCUT2D eigenvalue weighted by Crippen LogP contribution is -2.34. The second-order valence-corrected chi connectivity index (χ2v) is 4.88. The molecule has 1 aliphatic rings. The van der Waals surface area contributed by atoms with Crippen molar-refractivity contribution < 1.29 is 4.39 Å². The molecule has 0 atom stereocenters. The van der Waals surface area contributed by atoms with E-state index in [2.05, 4.69) is 12.2 Å². The summed E-state index contributed by atoms with van der Waals surface area (Å²) in [5, 5.41) is 3.29. The van der Waals surface area contributed by atoms with E-state index in [4.69, 9.17) is 18.0 Å². The molecule has 1 aromatic carbocycles. The number of rotatable bonds is 3. The highest BCUT2D eigenvalue weighted by Crippen LogP contribution is 2.31. The summed E-state index contributed by atoms with van der Waals surface area (Å²) in [5.41, 5.74) is 6.57. The van der Waals surface area contributed by atoms with Crippen molar-refractivity contribution in [2.45, 2.75) is 25.8 Å². The number of anilines is 1. The van der Waals surface area contributed by atoms with Gasteiger partial charge in [0.25, 0.3) is 0 Å². The maximum Gasteiger partial charge on any atom is 0.135 e. The van der Waals surface area contributed by atoms with Gasteiger partial charge in [0.1, 0.15) is 10.8 Å². The molecule has 3 N–H and O–H groups in total. The van der Waals surface area contributed by atoms with Crippen molar-refractivity contribution in [3.63, 3.8) is 0 Å². The Kier molecular flexibility index (Phi) is 3.10. The zero-order valence-corrected chi connectivity index (χ0v) is 9.98. The summed E-state index contributed by atoms with van der Waals surface area (Å²) in [7, 11) is 0. The van der Waals surface area contributed by atoms with Crippen LogP contribution < -0.4 is 11.1 Å². The molecule has 2 rings (SSSR count). The van der Waals surface area contributed by atoms with Crippen molar-refractivity contribution in [3.05, 3.63) is 29.6 Å². The first-order valence-corrected chi connectivity index (χ1v) is 5.83. The van der Waals surface area contributed by atoms with Gasteiger partial charge in [-0.1, -0.05) is 25.2 Å². The van der Waals surface area contributed by atoms with Gasteiger partial charge in [-0.25, -0.2) is 4.39 Å². The average Bonchev–Trinajstić information content (AvgIpc) is 2.14. The Bertz CT molecular complexity index is 413. The summed E-state index contributed by atoms with van der Waals surface area (Å²) in [5.74, 6) is 0.393. The summed E-state index contributed by atoms with van der Waals surface area (Å²) in [6.45, 7) is 2.21. The minimum atomic E-state index is -0.357. The molecule has 0 amide bonds. The summed E-state index contributed by atoms with van der Waals surface area (Å²) in [6.07, 6.45) is 2.24. The minimum absolute atomic E-state index is 0.105. The van der Waals surface area contributed by atoms with Gasteiger partial charge in [-0.3, -0.25) is 0 Å². The Balaban J connectivity index is 2.19. The summed E-state index contributed by atoms with van der Waals surface area (Å²) >= 11 is 4.87. The van der Waals surface area contributed by atoms with Crippen molar-refractivity contribution in [3.8, 4) is 0 Å². The van der Waals surface area contributed by atoms with E-state index >= 15 is 0 Å². The number of nitrogens with two attached hydrogens (primary N) is 1. The van der Waals surface area contributed by atoms with E-state index in [1.807, 2.05) is 6.07 Å².